The van der Waals surface area contributed by atoms with Crippen molar-refractivity contribution in [1.82, 2.24) is 10.3 Å². The number of nitrogens with zero attached hydrogens (tertiary/aromatic N) is 2. The van der Waals surface area contributed by atoms with E-state index in [9.17, 15) is 9.18 Å². The van der Waals surface area contributed by atoms with Crippen LogP contribution in [0.4, 0.5) is 16.0 Å². The quantitative estimate of drug-likeness (QED) is 0.713. The van der Waals surface area contributed by atoms with Gasteiger partial charge in [-0.2, -0.15) is 0 Å². The standard InChI is InChI=1S/C19H15FN4O3/c20-12-5-2-1-4-11(12)17-16-13(21-18-19(22-17)24-27-23-18)8-10(9-14(16)25)15-6-3-7-26-15/h1-7,10,17H,8-9H2,(H,21,23)(H,22,24)/t10-,17+/m1/s1. The molecule has 136 valence electrons. The van der Waals surface area contributed by atoms with Crippen LogP contribution in [0.15, 0.2) is 63.0 Å². The van der Waals surface area contributed by atoms with Gasteiger partial charge in [0.25, 0.3) is 0 Å². The number of furan rings is 1. The van der Waals surface area contributed by atoms with Gasteiger partial charge in [0.1, 0.15) is 11.6 Å². The lowest BCUT2D eigenvalue weighted by atomic mass is 9.80. The number of ketones is 1. The molecule has 5 rings (SSSR count). The number of hydrogen-bond donors (Lipinski definition) is 2. The van der Waals surface area contributed by atoms with Crippen molar-refractivity contribution in [2.24, 2.45) is 0 Å². The summed E-state index contributed by atoms with van der Waals surface area (Å²) in [6, 6.07) is 9.34. The summed E-state index contributed by atoms with van der Waals surface area (Å²) >= 11 is 0. The molecule has 2 aliphatic rings. The first kappa shape index (κ1) is 15.8. The molecule has 0 saturated heterocycles. The zero-order chi connectivity index (χ0) is 18.4. The van der Waals surface area contributed by atoms with Gasteiger partial charge in [-0.3, -0.25) is 4.79 Å². The molecule has 7 nitrogen and oxygen atoms in total. The maximum Gasteiger partial charge on any atom is 0.219 e. The molecule has 8 heteroatoms. The average Bonchev–Trinajstić information content (AvgIpc) is 3.31. The fourth-order valence-corrected chi connectivity index (χ4v) is 3.77. The van der Waals surface area contributed by atoms with Crippen LogP contribution in [0.3, 0.4) is 0 Å². The molecule has 2 N–H and O–H groups in total. The maximum atomic E-state index is 14.5. The molecule has 1 aliphatic carbocycles. The summed E-state index contributed by atoms with van der Waals surface area (Å²) in [6.45, 7) is 0. The third-order valence-corrected chi connectivity index (χ3v) is 5.00. The van der Waals surface area contributed by atoms with Gasteiger partial charge < -0.3 is 15.1 Å². The Balaban J connectivity index is 1.64. The molecule has 0 amide bonds. The van der Waals surface area contributed by atoms with Crippen molar-refractivity contribution in [3.05, 3.63) is 71.1 Å². The van der Waals surface area contributed by atoms with Crippen molar-refractivity contribution in [3.8, 4) is 0 Å². The summed E-state index contributed by atoms with van der Waals surface area (Å²) < 4.78 is 24.8. The summed E-state index contributed by atoms with van der Waals surface area (Å²) in [5.74, 6) is 0.876. The third-order valence-electron chi connectivity index (χ3n) is 5.00. The summed E-state index contributed by atoms with van der Waals surface area (Å²) in [7, 11) is 0. The molecular formula is C19H15FN4O3. The maximum absolute atomic E-state index is 14.5. The van der Waals surface area contributed by atoms with E-state index in [0.29, 0.717) is 34.9 Å². The van der Waals surface area contributed by atoms with E-state index in [-0.39, 0.29) is 18.1 Å². The summed E-state index contributed by atoms with van der Waals surface area (Å²) in [6.07, 6.45) is 2.41. The Morgan fingerprint density at radius 3 is 2.74 bits per heavy atom. The normalized spacial score (nSPS) is 21.7. The first-order valence-corrected chi connectivity index (χ1v) is 8.61. The van der Waals surface area contributed by atoms with Crippen molar-refractivity contribution in [1.29, 1.82) is 0 Å². The van der Waals surface area contributed by atoms with E-state index >= 15 is 0 Å². The number of halogens is 1. The zero-order valence-corrected chi connectivity index (χ0v) is 14.1. The zero-order valence-electron chi connectivity index (χ0n) is 14.1. The molecular weight excluding hydrogens is 351 g/mol. The number of anilines is 2. The van der Waals surface area contributed by atoms with Crippen LogP contribution in [-0.2, 0) is 4.79 Å². The van der Waals surface area contributed by atoms with Crippen molar-refractivity contribution in [2.45, 2.75) is 24.8 Å². The Morgan fingerprint density at radius 2 is 1.93 bits per heavy atom. The second kappa shape index (κ2) is 6.08. The first-order chi connectivity index (χ1) is 13.2. The average molecular weight is 366 g/mol. The number of aromatic nitrogens is 2. The lowest BCUT2D eigenvalue weighted by Crippen LogP contribution is -2.27. The fraction of sp³-hybridized carbons (Fsp3) is 0.211. The summed E-state index contributed by atoms with van der Waals surface area (Å²) in [4.78, 5) is 13.1. The van der Waals surface area contributed by atoms with E-state index in [1.54, 1.807) is 30.5 Å². The molecule has 3 aromatic rings. The van der Waals surface area contributed by atoms with Gasteiger partial charge in [-0.1, -0.05) is 18.2 Å². The predicted molar refractivity (Wildman–Crippen MR) is 93.4 cm³/mol. The number of carbonyl (C=O) groups is 1. The Kier molecular flexibility index (Phi) is 3.56. The SMILES string of the molecule is O=C1C[C@H](c2ccco2)CC2=C1[C@H](c1ccccc1F)Nc1nonc1N2. The minimum Gasteiger partial charge on any atom is -0.469 e. The van der Waals surface area contributed by atoms with Crippen molar-refractivity contribution in [2.75, 3.05) is 10.6 Å². The second-order valence-corrected chi connectivity index (χ2v) is 6.62. The summed E-state index contributed by atoms with van der Waals surface area (Å²) in [5, 5.41) is 13.9. The van der Waals surface area contributed by atoms with E-state index < -0.39 is 11.9 Å². The van der Waals surface area contributed by atoms with Crippen LogP contribution in [0, 0.1) is 5.82 Å². The summed E-state index contributed by atoms with van der Waals surface area (Å²) in [5.41, 5.74) is 1.53. The van der Waals surface area contributed by atoms with E-state index in [0.717, 1.165) is 5.76 Å². The number of fused-ring (bicyclic) bond motifs is 1. The highest BCUT2D eigenvalue weighted by Crippen LogP contribution is 2.43. The Bertz CT molecular complexity index is 1040. The highest BCUT2D eigenvalue weighted by molar-refractivity contribution is 6.00. The van der Waals surface area contributed by atoms with Crippen molar-refractivity contribution < 1.29 is 18.2 Å². The molecule has 27 heavy (non-hydrogen) atoms. The van der Waals surface area contributed by atoms with E-state index in [2.05, 4.69) is 20.9 Å². The number of allylic oxidation sites excluding steroid dienone is 1. The lowest BCUT2D eigenvalue weighted by molar-refractivity contribution is -0.116. The highest BCUT2D eigenvalue weighted by atomic mass is 19.1. The Hall–Kier alpha value is -3.42. The molecule has 1 aromatic carbocycles. The number of carbonyl (C=O) groups excluding carboxylic acids is 1. The molecule has 3 heterocycles. The topological polar surface area (TPSA) is 93.2 Å². The predicted octanol–water partition coefficient (Wildman–Crippen LogP) is 3.78. The second-order valence-electron chi connectivity index (χ2n) is 6.62. The number of nitrogens with one attached hydrogen (secondary N) is 2. The van der Waals surface area contributed by atoms with Crippen LogP contribution in [0.25, 0.3) is 0 Å². The molecule has 0 spiro atoms. The van der Waals surface area contributed by atoms with Gasteiger partial charge in [-0.05, 0) is 34.9 Å². The third kappa shape index (κ3) is 2.61. The van der Waals surface area contributed by atoms with E-state index in [4.69, 9.17) is 9.05 Å². The first-order valence-electron chi connectivity index (χ1n) is 8.61. The highest BCUT2D eigenvalue weighted by Gasteiger charge is 2.38. The molecule has 2 atom stereocenters. The molecule has 0 radical (unpaired) electrons. The van der Waals surface area contributed by atoms with Crippen LogP contribution >= 0.6 is 0 Å². The molecule has 0 unspecified atom stereocenters. The van der Waals surface area contributed by atoms with Gasteiger partial charge in [0.15, 0.2) is 5.78 Å². The Morgan fingerprint density at radius 1 is 1.07 bits per heavy atom. The van der Waals surface area contributed by atoms with Gasteiger partial charge in [0, 0.05) is 29.2 Å². The minimum atomic E-state index is -0.688. The molecule has 1 aliphatic heterocycles. The van der Waals surface area contributed by atoms with Crippen LogP contribution in [0.5, 0.6) is 0 Å². The van der Waals surface area contributed by atoms with Crippen LogP contribution in [-0.4, -0.2) is 16.1 Å². The van der Waals surface area contributed by atoms with Gasteiger partial charge in [0.2, 0.25) is 11.6 Å². The molecule has 0 bridgehead atoms. The van der Waals surface area contributed by atoms with Gasteiger partial charge in [-0.15, -0.1) is 0 Å². The Labute approximate surface area is 153 Å². The van der Waals surface area contributed by atoms with Crippen LogP contribution in [0.2, 0.25) is 0 Å². The van der Waals surface area contributed by atoms with Crippen LogP contribution < -0.4 is 10.6 Å². The number of hydrogen-bond acceptors (Lipinski definition) is 7. The monoisotopic (exact) mass is 366 g/mol. The van der Waals surface area contributed by atoms with Gasteiger partial charge in [0.05, 0.1) is 12.3 Å². The minimum absolute atomic E-state index is 0.0759. The number of rotatable bonds is 2. The molecule has 2 aromatic heterocycles. The number of benzene rings is 1. The van der Waals surface area contributed by atoms with E-state index in [1.165, 1.54) is 6.07 Å². The lowest BCUT2D eigenvalue weighted by Gasteiger charge is -2.28. The smallest absolute Gasteiger partial charge is 0.219 e. The van der Waals surface area contributed by atoms with Gasteiger partial charge >= 0.3 is 0 Å². The number of Topliss-reactive ketones (excluding diaryl/α,β-unsaturated/α-hetero) is 1. The van der Waals surface area contributed by atoms with Gasteiger partial charge in [-0.25, -0.2) is 9.02 Å². The van der Waals surface area contributed by atoms with Crippen molar-refractivity contribution in [3.63, 3.8) is 0 Å². The largest absolute Gasteiger partial charge is 0.469 e. The van der Waals surface area contributed by atoms with Crippen LogP contribution in [0.1, 0.15) is 36.1 Å². The van der Waals surface area contributed by atoms with E-state index in [1.807, 2.05) is 6.07 Å². The fourth-order valence-electron chi connectivity index (χ4n) is 3.77. The molecule has 0 saturated carbocycles. The molecule has 0 fully saturated rings. The van der Waals surface area contributed by atoms with Crippen molar-refractivity contribution >= 4 is 17.4 Å².